The zero-order valence-corrected chi connectivity index (χ0v) is 16.7. The van der Waals surface area contributed by atoms with E-state index in [1.54, 1.807) is 36.4 Å². The van der Waals surface area contributed by atoms with E-state index in [0.29, 0.717) is 23.6 Å². The highest BCUT2D eigenvalue weighted by Crippen LogP contribution is 2.28. The Bertz CT molecular complexity index is 1080. The number of aromatic nitrogens is 2. The van der Waals surface area contributed by atoms with Gasteiger partial charge in [-0.15, -0.1) is 10.2 Å². The third kappa shape index (κ3) is 5.67. The van der Waals surface area contributed by atoms with Crippen molar-refractivity contribution in [1.29, 1.82) is 0 Å². The van der Waals surface area contributed by atoms with Crippen molar-refractivity contribution in [2.24, 2.45) is 0 Å². The molecular formula is C20H17N3O6S. The third-order valence-corrected chi connectivity index (χ3v) is 4.72. The lowest BCUT2D eigenvalue weighted by atomic mass is 10.2. The molecular weight excluding hydrogens is 410 g/mol. The fraction of sp³-hybridized carbons (Fsp3) is 0.150. The van der Waals surface area contributed by atoms with Crippen LogP contribution in [0.15, 0.2) is 63.1 Å². The number of carboxylic acids is 1. The molecule has 1 N–H and O–H groups in total. The highest BCUT2D eigenvalue weighted by Gasteiger charge is 2.15. The van der Waals surface area contributed by atoms with E-state index in [2.05, 4.69) is 10.2 Å². The number of non-ortho nitro benzene ring substituents is 1. The van der Waals surface area contributed by atoms with E-state index in [4.69, 9.17) is 9.15 Å². The Kier molecular flexibility index (Phi) is 6.81. The number of nitro benzene ring substituents is 1. The Morgan fingerprint density at radius 1 is 1.27 bits per heavy atom. The highest BCUT2D eigenvalue weighted by atomic mass is 32.2. The van der Waals surface area contributed by atoms with Crippen molar-refractivity contribution in [3.8, 4) is 5.75 Å². The molecule has 10 heteroatoms. The molecule has 0 bridgehead atoms. The maximum atomic E-state index is 11.6. The predicted molar refractivity (Wildman–Crippen MR) is 109 cm³/mol. The number of nitro groups is 1. The Hall–Kier alpha value is -3.66. The minimum atomic E-state index is -1.12. The summed E-state index contributed by atoms with van der Waals surface area (Å²) in [5.41, 5.74) is 1.40. The summed E-state index contributed by atoms with van der Waals surface area (Å²) in [6.45, 7) is 2.07. The number of aliphatic carboxylic acids is 1. The molecule has 3 aromatic rings. The summed E-state index contributed by atoms with van der Waals surface area (Å²) in [7, 11) is 0. The van der Waals surface area contributed by atoms with Gasteiger partial charge in [0.25, 0.3) is 10.9 Å². The van der Waals surface area contributed by atoms with Gasteiger partial charge in [-0.25, -0.2) is 4.79 Å². The molecule has 0 atom stereocenters. The molecule has 0 unspecified atom stereocenters. The molecule has 1 aromatic heterocycles. The van der Waals surface area contributed by atoms with Crippen LogP contribution in [0.3, 0.4) is 0 Å². The van der Waals surface area contributed by atoms with E-state index in [1.807, 2.05) is 6.92 Å². The molecule has 3 rings (SSSR count). The molecule has 0 amide bonds. The molecule has 0 spiro atoms. The lowest BCUT2D eigenvalue weighted by Gasteiger charge is -2.07. The number of carboxylic acid groups (broad SMARTS) is 1. The van der Waals surface area contributed by atoms with Crippen LogP contribution < -0.4 is 4.74 Å². The molecule has 0 aliphatic rings. The first kappa shape index (κ1) is 21.1. The van der Waals surface area contributed by atoms with E-state index in [-0.39, 0.29) is 22.4 Å². The topological polar surface area (TPSA) is 129 Å². The number of benzene rings is 2. The summed E-state index contributed by atoms with van der Waals surface area (Å²) in [4.78, 5) is 21.9. The maximum absolute atomic E-state index is 11.6. The fourth-order valence-electron chi connectivity index (χ4n) is 2.38. The van der Waals surface area contributed by atoms with E-state index in [0.717, 1.165) is 17.3 Å². The molecule has 0 radical (unpaired) electrons. The standard InChI is InChI=1S/C20H17N3O6S/c1-2-18-21-22-20(29-18)30-17(19(24)25)11-14-4-3-5-16(10-14)28-12-13-6-8-15(9-7-13)23(26)27/h3-11H,2,12H2,1H3,(H,24,25)/b17-11-. The number of carbonyl (C=O) groups is 1. The Balaban J connectivity index is 1.70. The third-order valence-electron chi connectivity index (χ3n) is 3.87. The van der Waals surface area contributed by atoms with Crippen LogP contribution in [0.2, 0.25) is 0 Å². The van der Waals surface area contributed by atoms with Crippen LogP contribution in [-0.2, 0) is 17.8 Å². The second kappa shape index (κ2) is 9.70. The largest absolute Gasteiger partial charge is 0.489 e. The van der Waals surface area contributed by atoms with Crippen LogP contribution >= 0.6 is 11.8 Å². The summed E-state index contributed by atoms with van der Waals surface area (Å²) in [5.74, 6) is -0.153. The minimum Gasteiger partial charge on any atom is -0.489 e. The van der Waals surface area contributed by atoms with Crippen LogP contribution in [0.1, 0.15) is 23.9 Å². The average molecular weight is 427 g/mol. The Labute approximate surface area is 175 Å². The first-order chi connectivity index (χ1) is 14.4. The van der Waals surface area contributed by atoms with Gasteiger partial charge in [-0.2, -0.15) is 0 Å². The summed E-state index contributed by atoms with van der Waals surface area (Å²) >= 11 is 0.873. The van der Waals surface area contributed by atoms with Crippen molar-refractivity contribution >= 4 is 29.5 Å². The lowest BCUT2D eigenvalue weighted by molar-refractivity contribution is -0.384. The molecule has 30 heavy (non-hydrogen) atoms. The Morgan fingerprint density at radius 2 is 2.03 bits per heavy atom. The number of hydrogen-bond donors (Lipinski definition) is 1. The number of nitrogens with zero attached hydrogens (tertiary/aromatic N) is 3. The van der Waals surface area contributed by atoms with Crippen molar-refractivity contribution in [1.82, 2.24) is 10.2 Å². The maximum Gasteiger partial charge on any atom is 0.342 e. The predicted octanol–water partition coefficient (Wildman–Crippen LogP) is 4.34. The lowest BCUT2D eigenvalue weighted by Crippen LogP contribution is -1.98. The fourth-order valence-corrected chi connectivity index (χ4v) is 3.07. The van der Waals surface area contributed by atoms with Crippen LogP contribution in [0.5, 0.6) is 5.75 Å². The normalized spacial score (nSPS) is 11.3. The average Bonchev–Trinajstić information content (AvgIpc) is 3.20. The van der Waals surface area contributed by atoms with E-state index >= 15 is 0 Å². The van der Waals surface area contributed by atoms with Gasteiger partial charge >= 0.3 is 5.97 Å². The van der Waals surface area contributed by atoms with E-state index in [1.165, 1.54) is 18.2 Å². The van der Waals surface area contributed by atoms with Crippen molar-refractivity contribution < 1.29 is 24.0 Å². The van der Waals surface area contributed by atoms with Crippen molar-refractivity contribution in [3.63, 3.8) is 0 Å². The van der Waals surface area contributed by atoms with E-state index < -0.39 is 10.9 Å². The van der Waals surface area contributed by atoms with Crippen LogP contribution in [0.25, 0.3) is 6.08 Å². The van der Waals surface area contributed by atoms with Gasteiger partial charge < -0.3 is 14.3 Å². The van der Waals surface area contributed by atoms with Gasteiger partial charge in [-0.3, -0.25) is 10.1 Å². The van der Waals surface area contributed by atoms with Gasteiger partial charge in [0.15, 0.2) is 0 Å². The molecule has 9 nitrogen and oxygen atoms in total. The van der Waals surface area contributed by atoms with Gasteiger partial charge in [0, 0.05) is 18.6 Å². The van der Waals surface area contributed by atoms with Gasteiger partial charge in [-0.1, -0.05) is 19.1 Å². The molecule has 0 saturated carbocycles. The Morgan fingerprint density at radius 3 is 2.67 bits per heavy atom. The molecule has 0 aliphatic heterocycles. The summed E-state index contributed by atoms with van der Waals surface area (Å²) in [6.07, 6.45) is 2.05. The first-order valence-electron chi connectivity index (χ1n) is 8.86. The van der Waals surface area contributed by atoms with Gasteiger partial charge in [0.2, 0.25) is 5.89 Å². The summed E-state index contributed by atoms with van der Waals surface area (Å²) in [6, 6.07) is 13.0. The quantitative estimate of drug-likeness (QED) is 0.229. The number of hydrogen-bond acceptors (Lipinski definition) is 8. The van der Waals surface area contributed by atoms with Gasteiger partial charge in [0.05, 0.1) is 4.92 Å². The SMILES string of the molecule is CCc1nnc(S/C(=C\c2cccc(OCc3ccc([N+](=O)[O-])cc3)c2)C(=O)O)o1. The zero-order chi connectivity index (χ0) is 21.5. The van der Waals surface area contributed by atoms with Crippen LogP contribution in [0, 0.1) is 10.1 Å². The molecule has 2 aromatic carbocycles. The van der Waals surface area contributed by atoms with Crippen LogP contribution in [-0.4, -0.2) is 26.2 Å². The van der Waals surface area contributed by atoms with Crippen LogP contribution in [0.4, 0.5) is 5.69 Å². The first-order valence-corrected chi connectivity index (χ1v) is 9.67. The number of aryl methyl sites for hydroxylation is 1. The number of rotatable bonds is 9. The summed E-state index contributed by atoms with van der Waals surface area (Å²) in [5, 5.41) is 28.0. The number of ether oxygens (including phenoxy) is 1. The van der Waals surface area contributed by atoms with Gasteiger partial charge in [-0.05, 0) is 53.2 Å². The van der Waals surface area contributed by atoms with Crippen molar-refractivity contribution in [3.05, 3.63) is 80.6 Å². The zero-order valence-electron chi connectivity index (χ0n) is 15.8. The van der Waals surface area contributed by atoms with Crippen molar-refractivity contribution in [2.45, 2.75) is 25.2 Å². The van der Waals surface area contributed by atoms with Crippen molar-refractivity contribution in [2.75, 3.05) is 0 Å². The van der Waals surface area contributed by atoms with E-state index in [9.17, 15) is 20.0 Å². The second-order valence-electron chi connectivity index (χ2n) is 6.02. The molecule has 0 fully saturated rings. The monoisotopic (exact) mass is 427 g/mol. The molecule has 154 valence electrons. The minimum absolute atomic E-state index is 0.0110. The molecule has 1 heterocycles. The smallest absolute Gasteiger partial charge is 0.342 e. The summed E-state index contributed by atoms with van der Waals surface area (Å²) < 4.78 is 11.1. The molecule has 0 saturated heterocycles. The number of thioether (sulfide) groups is 1. The highest BCUT2D eigenvalue weighted by molar-refractivity contribution is 8.03. The van der Waals surface area contributed by atoms with Gasteiger partial charge in [0.1, 0.15) is 17.3 Å². The molecule has 0 aliphatic carbocycles. The second-order valence-corrected chi connectivity index (χ2v) is 7.01.